The first-order valence-corrected chi connectivity index (χ1v) is 5.83. The molecule has 0 bridgehead atoms. The molecule has 17 heavy (non-hydrogen) atoms. The lowest BCUT2D eigenvalue weighted by atomic mass is 10.2. The van der Waals surface area contributed by atoms with Gasteiger partial charge in [0.2, 0.25) is 0 Å². The predicted octanol–water partition coefficient (Wildman–Crippen LogP) is 1.05. The summed E-state index contributed by atoms with van der Waals surface area (Å²) < 4.78 is 5.45. The molecule has 2 rings (SSSR count). The molecule has 94 valence electrons. The topological polar surface area (TPSA) is 85.1 Å². The number of nitrogen functional groups attached to an aromatic ring is 1. The first-order chi connectivity index (χ1) is 8.26. The maximum absolute atomic E-state index is 5.45. The van der Waals surface area contributed by atoms with Crippen molar-refractivity contribution in [3.63, 3.8) is 0 Å². The van der Waals surface area contributed by atoms with E-state index in [0.717, 1.165) is 24.2 Å². The second-order valence-corrected chi connectivity index (χ2v) is 4.30. The Morgan fingerprint density at radius 2 is 2.12 bits per heavy atom. The van der Waals surface area contributed by atoms with E-state index in [2.05, 4.69) is 20.7 Å². The Kier molecular flexibility index (Phi) is 3.75. The molecule has 0 spiro atoms. The summed E-state index contributed by atoms with van der Waals surface area (Å²) in [5, 5.41) is 3.41. The minimum Gasteiger partial charge on any atom is -0.379 e. The molecule has 2 atom stereocenters. The first-order valence-electron chi connectivity index (χ1n) is 5.83. The van der Waals surface area contributed by atoms with E-state index in [1.807, 2.05) is 6.92 Å². The SMILES string of the molecule is COC1CCCC1Nc1ncnc(NN)c1C. The highest BCUT2D eigenvalue weighted by Gasteiger charge is 2.27. The number of nitrogens with two attached hydrogens (primary N) is 1. The standard InChI is InChI=1S/C11H19N5O/c1-7-10(13-6-14-11(7)16-12)15-8-4-3-5-9(8)17-2/h6,8-9H,3-5,12H2,1-2H3,(H2,13,14,15,16). The number of aromatic nitrogens is 2. The average molecular weight is 237 g/mol. The van der Waals surface area contributed by atoms with Crippen LogP contribution in [0.5, 0.6) is 0 Å². The van der Waals surface area contributed by atoms with Gasteiger partial charge in [0.15, 0.2) is 0 Å². The van der Waals surface area contributed by atoms with Crippen molar-refractivity contribution in [2.24, 2.45) is 5.84 Å². The van der Waals surface area contributed by atoms with Crippen LogP contribution in [0.15, 0.2) is 6.33 Å². The highest BCUT2D eigenvalue weighted by Crippen LogP contribution is 2.26. The van der Waals surface area contributed by atoms with Crippen LogP contribution in [0.2, 0.25) is 0 Å². The summed E-state index contributed by atoms with van der Waals surface area (Å²) in [5.41, 5.74) is 3.49. The highest BCUT2D eigenvalue weighted by atomic mass is 16.5. The molecule has 1 heterocycles. The van der Waals surface area contributed by atoms with Gasteiger partial charge in [-0.15, -0.1) is 0 Å². The van der Waals surface area contributed by atoms with Gasteiger partial charge in [0.1, 0.15) is 18.0 Å². The number of ether oxygens (including phenoxy) is 1. The van der Waals surface area contributed by atoms with Gasteiger partial charge in [-0.3, -0.25) is 0 Å². The Morgan fingerprint density at radius 3 is 2.82 bits per heavy atom. The zero-order valence-corrected chi connectivity index (χ0v) is 10.2. The Morgan fingerprint density at radius 1 is 1.35 bits per heavy atom. The molecule has 0 aromatic carbocycles. The Hall–Kier alpha value is -1.40. The predicted molar refractivity (Wildman–Crippen MR) is 66.6 cm³/mol. The second-order valence-electron chi connectivity index (χ2n) is 4.30. The van der Waals surface area contributed by atoms with Crippen molar-refractivity contribution in [2.45, 2.75) is 38.3 Å². The molecule has 0 radical (unpaired) electrons. The molecule has 1 aliphatic rings. The van der Waals surface area contributed by atoms with E-state index < -0.39 is 0 Å². The molecular weight excluding hydrogens is 218 g/mol. The van der Waals surface area contributed by atoms with Gasteiger partial charge in [-0.1, -0.05) is 0 Å². The van der Waals surface area contributed by atoms with E-state index in [1.54, 1.807) is 7.11 Å². The van der Waals surface area contributed by atoms with Crippen molar-refractivity contribution in [3.8, 4) is 0 Å². The molecular formula is C11H19N5O. The molecule has 1 aromatic rings. The molecule has 6 heteroatoms. The van der Waals surface area contributed by atoms with Gasteiger partial charge in [0.25, 0.3) is 0 Å². The quantitative estimate of drug-likeness (QED) is 0.536. The van der Waals surface area contributed by atoms with Crippen molar-refractivity contribution >= 4 is 11.6 Å². The van der Waals surface area contributed by atoms with Gasteiger partial charge in [-0.25, -0.2) is 15.8 Å². The minimum atomic E-state index is 0.263. The summed E-state index contributed by atoms with van der Waals surface area (Å²) in [6.07, 6.45) is 5.15. The third-order valence-electron chi connectivity index (χ3n) is 3.30. The number of rotatable bonds is 4. The van der Waals surface area contributed by atoms with Gasteiger partial charge in [0, 0.05) is 12.7 Å². The zero-order chi connectivity index (χ0) is 12.3. The van der Waals surface area contributed by atoms with Crippen LogP contribution >= 0.6 is 0 Å². The van der Waals surface area contributed by atoms with E-state index in [-0.39, 0.29) is 6.10 Å². The summed E-state index contributed by atoms with van der Waals surface area (Å²) in [6, 6.07) is 0.319. The molecule has 1 aliphatic carbocycles. The number of anilines is 2. The lowest BCUT2D eigenvalue weighted by Crippen LogP contribution is -2.30. The van der Waals surface area contributed by atoms with E-state index in [9.17, 15) is 0 Å². The van der Waals surface area contributed by atoms with E-state index in [1.165, 1.54) is 12.7 Å². The molecule has 0 saturated heterocycles. The van der Waals surface area contributed by atoms with Crippen LogP contribution in [0.25, 0.3) is 0 Å². The van der Waals surface area contributed by atoms with Crippen LogP contribution in [0.1, 0.15) is 24.8 Å². The number of hydrogen-bond acceptors (Lipinski definition) is 6. The van der Waals surface area contributed by atoms with Crippen molar-refractivity contribution < 1.29 is 4.74 Å². The fourth-order valence-corrected chi connectivity index (χ4v) is 2.29. The summed E-state index contributed by atoms with van der Waals surface area (Å²) in [7, 11) is 1.75. The smallest absolute Gasteiger partial charge is 0.148 e. The molecule has 2 unspecified atom stereocenters. The van der Waals surface area contributed by atoms with Crippen LogP contribution < -0.4 is 16.6 Å². The summed E-state index contributed by atoms with van der Waals surface area (Å²) >= 11 is 0. The Balaban J connectivity index is 2.13. The van der Waals surface area contributed by atoms with Gasteiger partial charge in [0.05, 0.1) is 12.1 Å². The molecule has 0 aliphatic heterocycles. The van der Waals surface area contributed by atoms with Crippen LogP contribution in [-0.4, -0.2) is 29.2 Å². The van der Waals surface area contributed by atoms with Gasteiger partial charge in [-0.05, 0) is 26.2 Å². The third kappa shape index (κ3) is 2.48. The fraction of sp³-hybridized carbons (Fsp3) is 0.636. The van der Waals surface area contributed by atoms with Gasteiger partial charge in [-0.2, -0.15) is 0 Å². The van der Waals surface area contributed by atoms with Crippen molar-refractivity contribution in [1.29, 1.82) is 0 Å². The highest BCUT2D eigenvalue weighted by molar-refractivity contribution is 5.56. The summed E-state index contributed by atoms with van der Waals surface area (Å²) in [5.74, 6) is 6.86. The number of hydrazine groups is 1. The summed E-state index contributed by atoms with van der Waals surface area (Å²) in [4.78, 5) is 8.30. The third-order valence-corrected chi connectivity index (χ3v) is 3.30. The number of hydrogen-bond donors (Lipinski definition) is 3. The fourth-order valence-electron chi connectivity index (χ4n) is 2.29. The van der Waals surface area contributed by atoms with E-state index >= 15 is 0 Å². The lowest BCUT2D eigenvalue weighted by Gasteiger charge is -2.21. The largest absolute Gasteiger partial charge is 0.379 e. The second kappa shape index (κ2) is 5.29. The Bertz CT molecular complexity index is 384. The summed E-state index contributed by atoms with van der Waals surface area (Å²) in [6.45, 7) is 1.94. The average Bonchev–Trinajstić information content (AvgIpc) is 2.79. The van der Waals surface area contributed by atoms with E-state index in [4.69, 9.17) is 10.6 Å². The molecule has 4 N–H and O–H groups in total. The molecule has 1 saturated carbocycles. The first kappa shape index (κ1) is 12.1. The maximum atomic E-state index is 5.45. The number of nitrogens with zero attached hydrogens (tertiary/aromatic N) is 2. The van der Waals surface area contributed by atoms with Crippen molar-refractivity contribution in [2.75, 3.05) is 17.9 Å². The van der Waals surface area contributed by atoms with Crippen molar-refractivity contribution in [1.82, 2.24) is 9.97 Å². The lowest BCUT2D eigenvalue weighted by molar-refractivity contribution is 0.101. The zero-order valence-electron chi connectivity index (χ0n) is 10.2. The Labute approximate surface area is 101 Å². The van der Waals surface area contributed by atoms with Crippen LogP contribution in [0.3, 0.4) is 0 Å². The van der Waals surface area contributed by atoms with Gasteiger partial charge < -0.3 is 15.5 Å². The normalized spacial score (nSPS) is 23.7. The van der Waals surface area contributed by atoms with E-state index in [0.29, 0.717) is 11.9 Å². The minimum absolute atomic E-state index is 0.263. The number of methoxy groups -OCH3 is 1. The molecule has 1 aromatic heterocycles. The van der Waals surface area contributed by atoms with Gasteiger partial charge >= 0.3 is 0 Å². The van der Waals surface area contributed by atoms with Crippen LogP contribution in [0.4, 0.5) is 11.6 Å². The number of nitrogens with one attached hydrogen (secondary N) is 2. The van der Waals surface area contributed by atoms with Crippen LogP contribution in [0, 0.1) is 6.92 Å². The molecule has 1 fully saturated rings. The van der Waals surface area contributed by atoms with Crippen LogP contribution in [-0.2, 0) is 4.74 Å². The molecule has 6 nitrogen and oxygen atoms in total. The van der Waals surface area contributed by atoms with Crippen molar-refractivity contribution in [3.05, 3.63) is 11.9 Å². The molecule has 0 amide bonds. The maximum Gasteiger partial charge on any atom is 0.148 e. The monoisotopic (exact) mass is 237 g/mol.